The van der Waals surface area contributed by atoms with Crippen LogP contribution in [0.15, 0.2) is 11.9 Å². The predicted molar refractivity (Wildman–Crippen MR) is 60.3 cm³/mol. The van der Waals surface area contributed by atoms with Gasteiger partial charge < -0.3 is 25.9 Å². The van der Waals surface area contributed by atoms with Gasteiger partial charge in [0.05, 0.1) is 13.0 Å². The van der Waals surface area contributed by atoms with Crippen LogP contribution in [-0.2, 0) is 14.3 Å². The third kappa shape index (κ3) is 8.05. The van der Waals surface area contributed by atoms with Crippen molar-refractivity contribution >= 4 is 12.4 Å². The summed E-state index contributed by atoms with van der Waals surface area (Å²) in [6.07, 6.45) is 0.570. The van der Waals surface area contributed by atoms with Crippen LogP contribution in [0.25, 0.3) is 0 Å². The number of nitrogens with two attached hydrogens (primary N) is 2. The summed E-state index contributed by atoms with van der Waals surface area (Å²) < 4.78 is 4.76. The molecule has 0 saturated carbocycles. The van der Waals surface area contributed by atoms with Crippen LogP contribution in [-0.4, -0.2) is 48.8 Å². The first-order valence-electron chi connectivity index (χ1n) is 4.92. The van der Waals surface area contributed by atoms with E-state index < -0.39 is 12.1 Å². The maximum Gasteiger partial charge on any atom is 0.309 e. The van der Waals surface area contributed by atoms with Crippen LogP contribution >= 0.6 is 0 Å². The van der Waals surface area contributed by atoms with E-state index >= 15 is 0 Å². The summed E-state index contributed by atoms with van der Waals surface area (Å²) in [5, 5.41) is 12.5. The van der Waals surface area contributed by atoms with Crippen molar-refractivity contribution in [3.63, 3.8) is 0 Å². The number of carbonyl (C=O) groups is 2. The van der Waals surface area contributed by atoms with E-state index in [1.807, 2.05) is 0 Å². The van der Waals surface area contributed by atoms with Gasteiger partial charge in [-0.1, -0.05) is 0 Å². The standard InChI is InChI=1S/C9H18N4O4/c1-12-3-8(17-6-14)5-13(11)4-7(10)2-9(15)16/h4,6,8,12H,2-3,5,10-11H2,1H3,(H,15,16)/b7-4-. The summed E-state index contributed by atoms with van der Waals surface area (Å²) >= 11 is 0. The van der Waals surface area contributed by atoms with Gasteiger partial charge in [0.15, 0.2) is 0 Å². The highest BCUT2D eigenvalue weighted by Gasteiger charge is 2.11. The molecular weight excluding hydrogens is 228 g/mol. The zero-order chi connectivity index (χ0) is 13.3. The van der Waals surface area contributed by atoms with E-state index in [0.717, 1.165) is 0 Å². The number of rotatable bonds is 9. The first-order chi connectivity index (χ1) is 7.99. The minimum absolute atomic E-state index is 0.120. The average molecular weight is 246 g/mol. The highest BCUT2D eigenvalue weighted by atomic mass is 16.5. The number of hydrogen-bond donors (Lipinski definition) is 4. The molecular formula is C9H18N4O4. The molecule has 17 heavy (non-hydrogen) atoms. The Hall–Kier alpha value is -1.80. The topological polar surface area (TPSA) is 131 Å². The molecule has 0 radical (unpaired) electrons. The van der Waals surface area contributed by atoms with Gasteiger partial charge in [-0.05, 0) is 7.05 Å². The first-order valence-corrected chi connectivity index (χ1v) is 4.92. The molecule has 8 heteroatoms. The first kappa shape index (κ1) is 15.2. The summed E-state index contributed by atoms with van der Waals surface area (Å²) in [6.45, 7) is 0.971. The van der Waals surface area contributed by atoms with Gasteiger partial charge in [0, 0.05) is 18.4 Å². The SMILES string of the molecule is CNCC(CN(N)/C=C(\N)CC(=O)O)OC=O. The number of nitrogens with one attached hydrogen (secondary N) is 1. The van der Waals surface area contributed by atoms with Gasteiger partial charge in [-0.3, -0.25) is 9.59 Å². The Balaban J connectivity index is 4.24. The molecule has 1 unspecified atom stereocenters. The lowest BCUT2D eigenvalue weighted by atomic mass is 10.3. The molecule has 0 aliphatic heterocycles. The number of aliphatic carboxylic acids is 1. The summed E-state index contributed by atoms with van der Waals surface area (Å²) in [5.41, 5.74) is 5.55. The summed E-state index contributed by atoms with van der Waals surface area (Å²) in [4.78, 5) is 20.6. The minimum atomic E-state index is -1.04. The Kier molecular flexibility index (Phi) is 7.48. The van der Waals surface area contributed by atoms with Crippen molar-refractivity contribution in [1.29, 1.82) is 0 Å². The Morgan fingerprint density at radius 1 is 1.65 bits per heavy atom. The van der Waals surface area contributed by atoms with E-state index in [4.69, 9.17) is 21.4 Å². The molecule has 6 N–H and O–H groups in total. The van der Waals surface area contributed by atoms with E-state index in [-0.39, 0.29) is 18.7 Å². The molecule has 0 spiro atoms. The Morgan fingerprint density at radius 2 is 2.29 bits per heavy atom. The van der Waals surface area contributed by atoms with Crippen molar-refractivity contribution in [2.75, 3.05) is 20.1 Å². The fourth-order valence-electron chi connectivity index (χ4n) is 1.18. The van der Waals surface area contributed by atoms with Crippen LogP contribution < -0.4 is 16.9 Å². The van der Waals surface area contributed by atoms with Crippen LogP contribution in [0.4, 0.5) is 0 Å². The molecule has 0 bridgehead atoms. The molecule has 0 aromatic rings. The van der Waals surface area contributed by atoms with Gasteiger partial charge in [0.25, 0.3) is 6.47 Å². The smallest absolute Gasteiger partial charge is 0.309 e. The Morgan fingerprint density at radius 3 is 2.76 bits per heavy atom. The zero-order valence-electron chi connectivity index (χ0n) is 9.63. The molecule has 0 fully saturated rings. The fraction of sp³-hybridized carbons (Fsp3) is 0.556. The van der Waals surface area contributed by atoms with Crippen LogP contribution in [0.5, 0.6) is 0 Å². The molecule has 0 aliphatic carbocycles. The second-order valence-electron chi connectivity index (χ2n) is 3.38. The molecule has 1 atom stereocenters. The second kappa shape index (κ2) is 8.36. The molecule has 0 aromatic carbocycles. The second-order valence-corrected chi connectivity index (χ2v) is 3.38. The summed E-state index contributed by atoms with van der Waals surface area (Å²) in [5.74, 6) is 4.53. The van der Waals surface area contributed by atoms with E-state index in [9.17, 15) is 9.59 Å². The van der Waals surface area contributed by atoms with Crippen LogP contribution in [0.1, 0.15) is 6.42 Å². The maximum atomic E-state index is 10.4. The maximum absolute atomic E-state index is 10.4. The average Bonchev–Trinajstić information content (AvgIpc) is 2.16. The molecule has 0 saturated heterocycles. The van der Waals surface area contributed by atoms with E-state index in [1.165, 1.54) is 11.2 Å². The third-order valence-electron chi connectivity index (χ3n) is 1.78. The lowest BCUT2D eigenvalue weighted by molar-refractivity contribution is -0.136. The monoisotopic (exact) mass is 246 g/mol. The number of hydrogen-bond acceptors (Lipinski definition) is 7. The summed E-state index contributed by atoms with van der Waals surface area (Å²) in [6, 6.07) is 0. The van der Waals surface area contributed by atoms with Gasteiger partial charge in [-0.15, -0.1) is 0 Å². The van der Waals surface area contributed by atoms with Crippen molar-refractivity contribution in [2.45, 2.75) is 12.5 Å². The molecule has 0 aliphatic rings. The van der Waals surface area contributed by atoms with Gasteiger partial charge in [-0.25, -0.2) is 5.84 Å². The van der Waals surface area contributed by atoms with Gasteiger partial charge in [0.2, 0.25) is 0 Å². The number of carbonyl (C=O) groups excluding carboxylic acids is 1. The van der Waals surface area contributed by atoms with Gasteiger partial charge in [0.1, 0.15) is 6.10 Å². The van der Waals surface area contributed by atoms with Crippen molar-refractivity contribution in [1.82, 2.24) is 10.3 Å². The van der Waals surface area contributed by atoms with E-state index in [2.05, 4.69) is 5.32 Å². The number of likely N-dealkylation sites (N-methyl/N-ethyl adjacent to an activating group) is 1. The van der Waals surface area contributed by atoms with Crippen LogP contribution in [0.2, 0.25) is 0 Å². The highest BCUT2D eigenvalue weighted by molar-refractivity contribution is 5.69. The van der Waals surface area contributed by atoms with E-state index in [0.29, 0.717) is 13.0 Å². The molecule has 98 valence electrons. The third-order valence-corrected chi connectivity index (χ3v) is 1.78. The number of nitrogens with zero attached hydrogens (tertiary/aromatic N) is 1. The minimum Gasteiger partial charge on any atom is -0.481 e. The van der Waals surface area contributed by atoms with Gasteiger partial charge in [-0.2, -0.15) is 0 Å². The lowest BCUT2D eigenvalue weighted by Gasteiger charge is -2.21. The summed E-state index contributed by atoms with van der Waals surface area (Å²) in [7, 11) is 1.71. The Labute approximate surface area is 99.2 Å². The van der Waals surface area contributed by atoms with Gasteiger partial charge >= 0.3 is 5.97 Å². The van der Waals surface area contributed by atoms with Crippen molar-refractivity contribution < 1.29 is 19.4 Å². The molecule has 8 nitrogen and oxygen atoms in total. The lowest BCUT2D eigenvalue weighted by Crippen LogP contribution is -2.40. The Bertz CT molecular complexity index is 282. The van der Waals surface area contributed by atoms with E-state index in [1.54, 1.807) is 7.05 Å². The molecule has 0 amide bonds. The molecule has 0 rings (SSSR count). The van der Waals surface area contributed by atoms with Crippen molar-refractivity contribution in [3.8, 4) is 0 Å². The van der Waals surface area contributed by atoms with Crippen LogP contribution in [0.3, 0.4) is 0 Å². The zero-order valence-corrected chi connectivity index (χ0v) is 9.63. The fourth-order valence-corrected chi connectivity index (χ4v) is 1.18. The number of carboxylic acid groups (broad SMARTS) is 1. The largest absolute Gasteiger partial charge is 0.481 e. The number of hydrazine groups is 1. The van der Waals surface area contributed by atoms with Crippen molar-refractivity contribution in [3.05, 3.63) is 11.9 Å². The number of ether oxygens (including phenoxy) is 1. The highest BCUT2D eigenvalue weighted by Crippen LogP contribution is 1.97. The number of carboxylic acids is 1. The predicted octanol–water partition coefficient (Wildman–Crippen LogP) is -1.80. The molecule has 0 aromatic heterocycles. The molecule has 0 heterocycles. The normalized spacial score (nSPS) is 12.9. The van der Waals surface area contributed by atoms with Crippen LogP contribution in [0, 0.1) is 0 Å². The van der Waals surface area contributed by atoms with Crippen molar-refractivity contribution in [2.24, 2.45) is 11.6 Å². The quantitative estimate of drug-likeness (QED) is 0.213.